The maximum atomic E-state index is 13.6. The minimum absolute atomic E-state index is 0.0145. The Hall–Kier alpha value is -1.59. The van der Waals surface area contributed by atoms with Crippen molar-refractivity contribution in [1.82, 2.24) is 0 Å². The molecule has 3 nitrogen and oxygen atoms in total. The lowest BCUT2D eigenvalue weighted by Gasteiger charge is -2.11. The lowest BCUT2D eigenvalue weighted by molar-refractivity contribution is 0.298. The largest absolute Gasteiger partial charge is 0.488 e. The molecule has 0 heterocycles. The Morgan fingerprint density at radius 1 is 1.35 bits per heavy atom. The van der Waals surface area contributed by atoms with Crippen LogP contribution >= 0.6 is 27.5 Å². The van der Waals surface area contributed by atoms with Crippen molar-refractivity contribution in [3.63, 3.8) is 0 Å². The number of nitrogens with zero attached hydrogens (tertiary/aromatic N) is 1. The average molecular weight is 359 g/mol. The molecule has 0 aliphatic carbocycles. The topological polar surface area (TPSA) is 41.8 Å². The van der Waals surface area contributed by atoms with Gasteiger partial charge in [-0.25, -0.2) is 4.39 Å². The predicted molar refractivity (Wildman–Crippen MR) is 79.3 cm³/mol. The second kappa shape index (κ2) is 6.72. The van der Waals surface area contributed by atoms with Gasteiger partial charge in [-0.05, 0) is 30.3 Å². The van der Waals surface area contributed by atoms with Crippen molar-refractivity contribution in [2.45, 2.75) is 6.61 Å². The normalized spacial score (nSPS) is 10.9. The molecule has 0 aliphatic rings. The zero-order chi connectivity index (χ0) is 14.5. The van der Waals surface area contributed by atoms with Gasteiger partial charge in [-0.15, -0.1) is 0 Å². The number of ether oxygens (including phenoxy) is 1. The monoisotopic (exact) mass is 357 g/mol. The van der Waals surface area contributed by atoms with Gasteiger partial charge in [-0.1, -0.05) is 38.8 Å². The van der Waals surface area contributed by atoms with Crippen molar-refractivity contribution in [3.8, 4) is 5.75 Å². The molecule has 0 bridgehead atoms. The van der Waals surface area contributed by atoms with Crippen molar-refractivity contribution >= 4 is 33.7 Å². The van der Waals surface area contributed by atoms with Crippen LogP contribution in [0.4, 0.5) is 4.39 Å². The second-order valence-corrected chi connectivity index (χ2v) is 5.24. The molecule has 0 atom stereocenters. The summed E-state index contributed by atoms with van der Waals surface area (Å²) in [4.78, 5) is 0. The predicted octanol–water partition coefficient (Wildman–Crippen LogP) is 4.63. The van der Waals surface area contributed by atoms with Gasteiger partial charge in [0.2, 0.25) is 0 Å². The van der Waals surface area contributed by atoms with Gasteiger partial charge in [-0.3, -0.25) is 0 Å². The Kier molecular flexibility index (Phi) is 4.98. The third kappa shape index (κ3) is 3.49. The molecule has 0 aliphatic heterocycles. The molecule has 2 rings (SSSR count). The average Bonchev–Trinajstić information content (AvgIpc) is 2.40. The Morgan fingerprint density at radius 2 is 2.15 bits per heavy atom. The fraction of sp³-hybridized carbons (Fsp3) is 0.0714. The molecule has 0 fully saturated rings. The van der Waals surface area contributed by atoms with Crippen molar-refractivity contribution < 1.29 is 14.3 Å². The van der Waals surface area contributed by atoms with Gasteiger partial charge < -0.3 is 9.94 Å². The second-order valence-electron chi connectivity index (χ2n) is 3.92. The van der Waals surface area contributed by atoms with Crippen LogP contribution in [0.1, 0.15) is 11.1 Å². The summed E-state index contributed by atoms with van der Waals surface area (Å²) in [5, 5.41) is 11.9. The van der Waals surface area contributed by atoms with Gasteiger partial charge >= 0.3 is 0 Å². The SMILES string of the molecule is ON=Cc1cc(Br)ccc1OCc1c(F)cccc1Cl. The van der Waals surface area contributed by atoms with Crippen molar-refractivity contribution in [2.75, 3.05) is 0 Å². The van der Waals surface area contributed by atoms with Gasteiger partial charge in [0, 0.05) is 15.6 Å². The molecule has 0 saturated carbocycles. The van der Waals surface area contributed by atoms with E-state index < -0.39 is 5.82 Å². The summed E-state index contributed by atoms with van der Waals surface area (Å²) in [6.45, 7) is -0.0145. The van der Waals surface area contributed by atoms with E-state index in [1.807, 2.05) is 0 Å². The number of oxime groups is 1. The number of hydrogen-bond acceptors (Lipinski definition) is 3. The van der Waals surface area contributed by atoms with Gasteiger partial charge in [0.1, 0.15) is 18.2 Å². The molecule has 0 spiro atoms. The van der Waals surface area contributed by atoms with E-state index in [1.54, 1.807) is 24.3 Å². The van der Waals surface area contributed by atoms with Crippen LogP contribution in [0.2, 0.25) is 5.02 Å². The lowest BCUT2D eigenvalue weighted by Crippen LogP contribution is -2.01. The highest BCUT2D eigenvalue weighted by atomic mass is 79.9. The third-order valence-corrected chi connectivity index (χ3v) is 3.45. The molecular weight excluding hydrogens is 349 g/mol. The van der Waals surface area contributed by atoms with E-state index in [-0.39, 0.29) is 12.2 Å². The summed E-state index contributed by atoms with van der Waals surface area (Å²) in [6, 6.07) is 9.63. The molecule has 2 aromatic rings. The van der Waals surface area contributed by atoms with Gasteiger partial charge in [0.05, 0.1) is 11.2 Å². The molecule has 1 N–H and O–H groups in total. The van der Waals surface area contributed by atoms with Crippen LogP contribution in [0.3, 0.4) is 0 Å². The molecule has 0 radical (unpaired) electrons. The maximum Gasteiger partial charge on any atom is 0.131 e. The number of halogens is 3. The molecule has 104 valence electrons. The number of hydrogen-bond donors (Lipinski definition) is 1. The fourth-order valence-electron chi connectivity index (χ4n) is 1.63. The fourth-order valence-corrected chi connectivity index (χ4v) is 2.23. The van der Waals surface area contributed by atoms with Crippen LogP contribution in [-0.2, 0) is 6.61 Å². The summed E-state index contributed by atoms with van der Waals surface area (Å²) in [5.74, 6) is 0.0392. The number of rotatable bonds is 4. The lowest BCUT2D eigenvalue weighted by atomic mass is 10.2. The van der Waals surface area contributed by atoms with E-state index in [2.05, 4.69) is 21.1 Å². The summed E-state index contributed by atoms with van der Waals surface area (Å²) >= 11 is 9.23. The first-order valence-corrected chi connectivity index (χ1v) is 6.81. The molecule has 6 heteroatoms. The first-order chi connectivity index (χ1) is 9.61. The Balaban J connectivity index is 2.23. The third-order valence-electron chi connectivity index (χ3n) is 2.60. The van der Waals surface area contributed by atoms with E-state index in [9.17, 15) is 4.39 Å². The summed E-state index contributed by atoms with van der Waals surface area (Å²) in [6.07, 6.45) is 1.24. The minimum Gasteiger partial charge on any atom is -0.488 e. The van der Waals surface area contributed by atoms with Crippen LogP contribution in [0.25, 0.3) is 0 Å². The quantitative estimate of drug-likeness (QED) is 0.492. The van der Waals surface area contributed by atoms with E-state index in [4.69, 9.17) is 21.5 Å². The molecule has 0 saturated heterocycles. The van der Waals surface area contributed by atoms with Crippen molar-refractivity contribution in [1.29, 1.82) is 0 Å². The first-order valence-electron chi connectivity index (χ1n) is 5.64. The van der Waals surface area contributed by atoms with Gasteiger partial charge in [-0.2, -0.15) is 0 Å². The van der Waals surface area contributed by atoms with E-state index in [0.717, 1.165) is 4.47 Å². The van der Waals surface area contributed by atoms with Crippen LogP contribution in [0.5, 0.6) is 5.75 Å². The summed E-state index contributed by atoms with van der Waals surface area (Å²) in [5.41, 5.74) is 0.846. The standard InChI is InChI=1S/C14H10BrClFNO2/c15-10-4-5-14(9(6-10)7-18-19)20-8-11-12(16)2-1-3-13(11)17/h1-7,19H,8H2. The van der Waals surface area contributed by atoms with Gasteiger partial charge in [0.25, 0.3) is 0 Å². The molecule has 2 aromatic carbocycles. The zero-order valence-corrected chi connectivity index (χ0v) is 12.5. The Labute approximate surface area is 128 Å². The Bertz CT molecular complexity index is 629. The highest BCUT2D eigenvalue weighted by Crippen LogP contribution is 2.25. The van der Waals surface area contributed by atoms with Crippen molar-refractivity contribution in [3.05, 3.63) is 62.8 Å². The van der Waals surface area contributed by atoms with Crippen LogP contribution in [-0.4, -0.2) is 11.4 Å². The van der Waals surface area contributed by atoms with Crippen molar-refractivity contribution in [2.24, 2.45) is 5.16 Å². The van der Waals surface area contributed by atoms with E-state index in [0.29, 0.717) is 16.3 Å². The number of benzene rings is 2. The highest BCUT2D eigenvalue weighted by molar-refractivity contribution is 9.10. The highest BCUT2D eigenvalue weighted by Gasteiger charge is 2.09. The molecule has 0 amide bonds. The van der Waals surface area contributed by atoms with E-state index in [1.165, 1.54) is 18.3 Å². The summed E-state index contributed by atoms with van der Waals surface area (Å²) < 4.78 is 20.0. The molecule has 0 aromatic heterocycles. The van der Waals surface area contributed by atoms with Crippen LogP contribution in [0, 0.1) is 5.82 Å². The smallest absolute Gasteiger partial charge is 0.131 e. The van der Waals surface area contributed by atoms with Crippen LogP contribution < -0.4 is 4.74 Å². The van der Waals surface area contributed by atoms with Gasteiger partial charge in [0.15, 0.2) is 0 Å². The summed E-state index contributed by atoms with van der Waals surface area (Å²) in [7, 11) is 0. The zero-order valence-electron chi connectivity index (χ0n) is 10.2. The maximum absolute atomic E-state index is 13.6. The molecule has 20 heavy (non-hydrogen) atoms. The Morgan fingerprint density at radius 3 is 2.85 bits per heavy atom. The van der Waals surface area contributed by atoms with E-state index >= 15 is 0 Å². The molecule has 0 unspecified atom stereocenters. The minimum atomic E-state index is -0.424. The van der Waals surface area contributed by atoms with Crippen LogP contribution in [0.15, 0.2) is 46.0 Å². The molecular formula is C14H10BrClFNO2. The first kappa shape index (κ1) is 14.8.